The van der Waals surface area contributed by atoms with Crippen molar-refractivity contribution in [2.24, 2.45) is 17.8 Å². The summed E-state index contributed by atoms with van der Waals surface area (Å²) in [5.41, 5.74) is 1.24. The van der Waals surface area contributed by atoms with Gasteiger partial charge < -0.3 is 5.32 Å². The van der Waals surface area contributed by atoms with Crippen molar-refractivity contribution in [1.29, 1.82) is 0 Å². The van der Waals surface area contributed by atoms with Crippen LogP contribution in [0.1, 0.15) is 46.1 Å². The molecule has 2 atom stereocenters. The number of hydrogen-bond donors (Lipinski definition) is 1. The van der Waals surface area contributed by atoms with Gasteiger partial charge in [0.25, 0.3) is 0 Å². The van der Waals surface area contributed by atoms with E-state index in [1.165, 1.54) is 18.4 Å². The van der Waals surface area contributed by atoms with Gasteiger partial charge in [0.1, 0.15) is 5.82 Å². The molecule has 0 fully saturated rings. The highest BCUT2D eigenvalue weighted by Gasteiger charge is 2.17. The van der Waals surface area contributed by atoms with E-state index in [9.17, 15) is 4.39 Å². The van der Waals surface area contributed by atoms with Gasteiger partial charge >= 0.3 is 0 Å². The predicted molar refractivity (Wildman–Crippen MR) is 85.4 cm³/mol. The molecule has 114 valence electrons. The monoisotopic (exact) mass is 279 g/mol. The molecule has 0 amide bonds. The molecule has 0 aliphatic rings. The van der Waals surface area contributed by atoms with Crippen LogP contribution < -0.4 is 5.32 Å². The van der Waals surface area contributed by atoms with E-state index in [1.807, 2.05) is 12.1 Å². The zero-order chi connectivity index (χ0) is 15.0. The van der Waals surface area contributed by atoms with Gasteiger partial charge in [0.15, 0.2) is 0 Å². The lowest BCUT2D eigenvalue weighted by Gasteiger charge is -2.25. The first kappa shape index (κ1) is 17.2. The molecule has 2 heteroatoms. The van der Waals surface area contributed by atoms with Crippen LogP contribution in [0.15, 0.2) is 24.3 Å². The molecule has 2 unspecified atom stereocenters. The van der Waals surface area contributed by atoms with Gasteiger partial charge in [0.05, 0.1) is 0 Å². The van der Waals surface area contributed by atoms with Gasteiger partial charge in [-0.1, -0.05) is 52.7 Å². The summed E-state index contributed by atoms with van der Waals surface area (Å²) < 4.78 is 13.0. The minimum atomic E-state index is -0.148. The summed E-state index contributed by atoms with van der Waals surface area (Å²) in [4.78, 5) is 0. The van der Waals surface area contributed by atoms with E-state index in [2.05, 4.69) is 33.0 Å². The highest BCUT2D eigenvalue weighted by atomic mass is 19.1. The van der Waals surface area contributed by atoms with E-state index in [-0.39, 0.29) is 5.82 Å². The molecule has 1 nitrogen and oxygen atoms in total. The Labute approximate surface area is 124 Å². The van der Waals surface area contributed by atoms with Gasteiger partial charge in [0.2, 0.25) is 0 Å². The average molecular weight is 279 g/mol. The molecule has 0 saturated heterocycles. The zero-order valence-electron chi connectivity index (χ0n) is 13.5. The maximum Gasteiger partial charge on any atom is 0.123 e. The van der Waals surface area contributed by atoms with Crippen molar-refractivity contribution in [1.82, 2.24) is 5.32 Å². The Morgan fingerprint density at radius 3 is 2.25 bits per heavy atom. The van der Waals surface area contributed by atoms with Crippen molar-refractivity contribution in [2.75, 3.05) is 13.1 Å². The molecule has 1 N–H and O–H groups in total. The SMILES string of the molecule is CCCC(C)C(CNCC(C)C)Cc1ccc(F)cc1. The van der Waals surface area contributed by atoms with E-state index in [0.29, 0.717) is 17.8 Å². The smallest absolute Gasteiger partial charge is 0.123 e. The summed E-state index contributed by atoms with van der Waals surface area (Å²) in [6.07, 6.45) is 3.52. The fourth-order valence-electron chi connectivity index (χ4n) is 2.65. The fourth-order valence-corrected chi connectivity index (χ4v) is 2.65. The van der Waals surface area contributed by atoms with Crippen LogP contribution >= 0.6 is 0 Å². The van der Waals surface area contributed by atoms with Gasteiger partial charge in [-0.3, -0.25) is 0 Å². The van der Waals surface area contributed by atoms with Crippen molar-refractivity contribution in [3.05, 3.63) is 35.6 Å². The van der Waals surface area contributed by atoms with Crippen LogP contribution in [0.25, 0.3) is 0 Å². The van der Waals surface area contributed by atoms with Gasteiger partial charge in [-0.15, -0.1) is 0 Å². The van der Waals surface area contributed by atoms with Gasteiger partial charge in [-0.2, -0.15) is 0 Å². The average Bonchev–Trinajstić information content (AvgIpc) is 2.40. The number of nitrogens with one attached hydrogen (secondary N) is 1. The Balaban J connectivity index is 2.58. The molecule has 0 spiro atoms. The maximum absolute atomic E-state index is 13.0. The van der Waals surface area contributed by atoms with E-state index in [4.69, 9.17) is 0 Å². The standard InChI is InChI=1S/C18H30FN/c1-5-6-15(4)17(13-20-12-14(2)3)11-16-7-9-18(19)10-8-16/h7-10,14-15,17,20H,5-6,11-13H2,1-4H3. The number of benzene rings is 1. The third kappa shape index (κ3) is 6.51. The first-order valence-corrected chi connectivity index (χ1v) is 7.98. The lowest BCUT2D eigenvalue weighted by molar-refractivity contribution is 0.313. The van der Waals surface area contributed by atoms with Crippen LogP contribution in [0, 0.1) is 23.6 Å². The molecule has 1 aromatic carbocycles. The molecule has 0 bridgehead atoms. The molecule has 0 radical (unpaired) electrons. The maximum atomic E-state index is 13.0. The Morgan fingerprint density at radius 2 is 1.70 bits per heavy atom. The molecule has 20 heavy (non-hydrogen) atoms. The lowest BCUT2D eigenvalue weighted by atomic mass is 9.85. The molecule has 0 aromatic heterocycles. The topological polar surface area (TPSA) is 12.0 Å². The van der Waals surface area contributed by atoms with Crippen molar-refractivity contribution >= 4 is 0 Å². The summed E-state index contributed by atoms with van der Waals surface area (Å²) in [6, 6.07) is 6.98. The molecular weight excluding hydrogens is 249 g/mol. The highest BCUT2D eigenvalue weighted by Crippen LogP contribution is 2.21. The molecule has 1 rings (SSSR count). The third-order valence-electron chi connectivity index (χ3n) is 3.92. The quantitative estimate of drug-likeness (QED) is 0.693. The van der Waals surface area contributed by atoms with Crippen LogP contribution in [-0.4, -0.2) is 13.1 Å². The Bertz CT molecular complexity index is 358. The Kier molecular flexibility index (Phi) is 7.83. The van der Waals surface area contributed by atoms with Crippen molar-refractivity contribution in [2.45, 2.75) is 47.0 Å². The summed E-state index contributed by atoms with van der Waals surface area (Å²) in [7, 11) is 0. The minimum Gasteiger partial charge on any atom is -0.316 e. The van der Waals surface area contributed by atoms with E-state index in [0.717, 1.165) is 19.5 Å². The van der Waals surface area contributed by atoms with Crippen LogP contribution in [0.5, 0.6) is 0 Å². The molecular formula is C18H30FN. The highest BCUT2D eigenvalue weighted by molar-refractivity contribution is 5.16. The Morgan fingerprint density at radius 1 is 1.05 bits per heavy atom. The van der Waals surface area contributed by atoms with Gasteiger partial charge in [0, 0.05) is 0 Å². The van der Waals surface area contributed by atoms with E-state index in [1.54, 1.807) is 12.1 Å². The first-order chi connectivity index (χ1) is 9.52. The first-order valence-electron chi connectivity index (χ1n) is 7.98. The van der Waals surface area contributed by atoms with Crippen LogP contribution in [0.2, 0.25) is 0 Å². The minimum absolute atomic E-state index is 0.148. The van der Waals surface area contributed by atoms with Crippen LogP contribution in [0.4, 0.5) is 4.39 Å². The third-order valence-corrected chi connectivity index (χ3v) is 3.92. The predicted octanol–water partition coefficient (Wildman–Crippen LogP) is 4.67. The van der Waals surface area contributed by atoms with Crippen molar-refractivity contribution < 1.29 is 4.39 Å². The fraction of sp³-hybridized carbons (Fsp3) is 0.667. The van der Waals surface area contributed by atoms with Crippen molar-refractivity contribution in [3.8, 4) is 0 Å². The van der Waals surface area contributed by atoms with E-state index < -0.39 is 0 Å². The summed E-state index contributed by atoms with van der Waals surface area (Å²) in [5.74, 6) is 1.86. The molecule has 1 aromatic rings. The second kappa shape index (κ2) is 9.12. The number of halogens is 1. The van der Waals surface area contributed by atoms with Crippen LogP contribution in [-0.2, 0) is 6.42 Å². The zero-order valence-corrected chi connectivity index (χ0v) is 13.5. The molecule has 0 aliphatic carbocycles. The second-order valence-electron chi connectivity index (χ2n) is 6.41. The largest absolute Gasteiger partial charge is 0.316 e. The van der Waals surface area contributed by atoms with Gasteiger partial charge in [-0.05, 0) is 55.0 Å². The lowest BCUT2D eigenvalue weighted by Crippen LogP contribution is -2.31. The number of rotatable bonds is 9. The molecule has 0 heterocycles. The molecule has 0 aliphatic heterocycles. The summed E-state index contributed by atoms with van der Waals surface area (Å²) in [6.45, 7) is 11.2. The van der Waals surface area contributed by atoms with Crippen LogP contribution in [0.3, 0.4) is 0 Å². The van der Waals surface area contributed by atoms with Gasteiger partial charge in [-0.25, -0.2) is 4.39 Å². The number of hydrogen-bond acceptors (Lipinski definition) is 1. The summed E-state index contributed by atoms with van der Waals surface area (Å²) >= 11 is 0. The summed E-state index contributed by atoms with van der Waals surface area (Å²) in [5, 5.41) is 3.58. The van der Waals surface area contributed by atoms with Crippen molar-refractivity contribution in [3.63, 3.8) is 0 Å². The normalized spacial score (nSPS) is 14.5. The van der Waals surface area contributed by atoms with E-state index >= 15 is 0 Å². The second-order valence-corrected chi connectivity index (χ2v) is 6.41. The Hall–Kier alpha value is -0.890. The molecule has 0 saturated carbocycles.